The molecule has 3 aromatic rings. The Morgan fingerprint density at radius 2 is 2.03 bits per heavy atom. The normalized spacial score (nSPS) is 21.3. The van der Waals surface area contributed by atoms with Gasteiger partial charge in [0.1, 0.15) is 31.1 Å². The van der Waals surface area contributed by atoms with Gasteiger partial charge < -0.3 is 20.1 Å². The van der Waals surface area contributed by atoms with E-state index in [9.17, 15) is 14.4 Å². The second-order valence-electron chi connectivity index (χ2n) is 8.05. The van der Waals surface area contributed by atoms with Crippen molar-refractivity contribution in [2.45, 2.75) is 18.6 Å². The van der Waals surface area contributed by atoms with Gasteiger partial charge in [-0.1, -0.05) is 24.3 Å². The molecule has 0 saturated carbocycles. The summed E-state index contributed by atoms with van der Waals surface area (Å²) in [7, 11) is 0. The second-order valence-corrected chi connectivity index (χ2v) is 8.05. The zero-order valence-corrected chi connectivity index (χ0v) is 18.2. The zero-order valence-electron chi connectivity index (χ0n) is 18.2. The number of aromatic nitrogens is 4. The minimum Gasteiger partial charge on any atom is -0.486 e. The van der Waals surface area contributed by atoms with Crippen molar-refractivity contribution in [3.05, 3.63) is 60.4 Å². The van der Waals surface area contributed by atoms with Crippen LogP contribution in [0.15, 0.2) is 54.9 Å². The van der Waals surface area contributed by atoms with E-state index in [4.69, 9.17) is 9.47 Å². The summed E-state index contributed by atoms with van der Waals surface area (Å²) >= 11 is 0. The van der Waals surface area contributed by atoms with Crippen molar-refractivity contribution in [1.29, 1.82) is 0 Å². The van der Waals surface area contributed by atoms with E-state index in [1.165, 1.54) is 11.0 Å². The number of urea groups is 1. The molecule has 2 aliphatic rings. The number of amides is 4. The molecule has 1 saturated heterocycles. The summed E-state index contributed by atoms with van der Waals surface area (Å²) in [5, 5.41) is 16.4. The smallest absolute Gasteiger partial charge is 0.325 e. The van der Waals surface area contributed by atoms with E-state index >= 15 is 0 Å². The number of hydrogen-bond acceptors (Lipinski definition) is 8. The lowest BCUT2D eigenvalue weighted by atomic mass is 9.91. The molecule has 1 fully saturated rings. The van der Waals surface area contributed by atoms with E-state index in [2.05, 4.69) is 26.2 Å². The molecule has 174 valence electrons. The van der Waals surface area contributed by atoms with E-state index in [-0.39, 0.29) is 19.3 Å². The Kier molecular flexibility index (Phi) is 5.32. The summed E-state index contributed by atoms with van der Waals surface area (Å²) in [4.78, 5) is 39.2. The maximum absolute atomic E-state index is 13.2. The lowest BCUT2D eigenvalue weighted by Gasteiger charge is -2.26. The van der Waals surface area contributed by atoms with Crippen LogP contribution in [-0.2, 0) is 15.1 Å². The molecular weight excluding hydrogens is 442 g/mol. The van der Waals surface area contributed by atoms with Gasteiger partial charge in [0.2, 0.25) is 5.91 Å². The second kappa shape index (κ2) is 8.46. The first-order valence-corrected chi connectivity index (χ1v) is 10.6. The number of nitrogens with zero attached hydrogens (tertiary/aromatic N) is 5. The molecule has 5 rings (SSSR count). The summed E-state index contributed by atoms with van der Waals surface area (Å²) < 4.78 is 12.9. The lowest BCUT2D eigenvalue weighted by molar-refractivity contribution is -0.134. The van der Waals surface area contributed by atoms with Crippen LogP contribution < -0.4 is 20.1 Å². The first-order valence-electron chi connectivity index (χ1n) is 10.6. The largest absolute Gasteiger partial charge is 0.486 e. The highest BCUT2D eigenvalue weighted by molar-refractivity contribution is 6.09. The van der Waals surface area contributed by atoms with Crippen LogP contribution in [0.3, 0.4) is 0 Å². The third-order valence-electron chi connectivity index (χ3n) is 5.71. The fourth-order valence-electron chi connectivity index (χ4n) is 3.87. The number of rotatable bonds is 6. The molecule has 12 heteroatoms. The van der Waals surface area contributed by atoms with Gasteiger partial charge in [-0.05, 0) is 47.2 Å². The number of para-hydroxylation sites is 2. The minimum absolute atomic E-state index is 0.169. The number of carbonyl (C=O) groups is 3. The zero-order chi connectivity index (χ0) is 23.7. The number of fused-ring (bicyclic) bond motifs is 1. The average Bonchev–Trinajstić information content (AvgIpc) is 3.47. The highest BCUT2D eigenvalue weighted by Crippen LogP contribution is 2.31. The lowest BCUT2D eigenvalue weighted by Crippen LogP contribution is -2.46. The third-order valence-corrected chi connectivity index (χ3v) is 5.71. The molecule has 2 atom stereocenters. The highest BCUT2D eigenvalue weighted by atomic mass is 16.6. The van der Waals surface area contributed by atoms with Crippen LogP contribution in [0, 0.1) is 0 Å². The fourth-order valence-corrected chi connectivity index (χ4v) is 3.87. The van der Waals surface area contributed by atoms with Crippen LogP contribution in [-0.4, -0.2) is 68.8 Å². The Labute approximate surface area is 193 Å². The summed E-state index contributed by atoms with van der Waals surface area (Å²) in [5.41, 5.74) is -0.183. The highest BCUT2D eigenvalue weighted by Gasteiger charge is 2.49. The molecule has 12 nitrogen and oxygen atoms in total. The van der Waals surface area contributed by atoms with Gasteiger partial charge in [-0.25, -0.2) is 9.48 Å². The van der Waals surface area contributed by atoms with Crippen molar-refractivity contribution >= 4 is 17.8 Å². The standard InChI is InChI=1S/C22H21N7O5/c1-22(14-5-4-6-15(9-14)29-13-24-26-27-29)20(31)28(21(32)25-22)11-19(30)23-10-16-12-33-17-7-2-3-8-18(17)34-16/h2-9,13,16H,10-12H2,1H3,(H,23,30)(H,25,32)/t16-,22+/m0/s1. The summed E-state index contributed by atoms with van der Waals surface area (Å²) in [5.74, 6) is 0.222. The van der Waals surface area contributed by atoms with Crippen molar-refractivity contribution in [1.82, 2.24) is 35.7 Å². The number of ether oxygens (including phenoxy) is 2. The van der Waals surface area contributed by atoms with Crippen molar-refractivity contribution in [3.63, 3.8) is 0 Å². The molecule has 2 aromatic carbocycles. The van der Waals surface area contributed by atoms with E-state index < -0.39 is 29.9 Å². The quantitative estimate of drug-likeness (QED) is 0.500. The number of carbonyl (C=O) groups excluding carboxylic acids is 3. The SMILES string of the molecule is C[C@]1(c2cccc(-n3cnnn3)c2)NC(=O)N(CC(=O)NC[C@H]2COc3ccccc3O2)C1=O. The van der Waals surface area contributed by atoms with E-state index in [1.807, 2.05) is 12.1 Å². The molecule has 3 heterocycles. The average molecular weight is 463 g/mol. The first-order chi connectivity index (χ1) is 16.4. The Balaban J connectivity index is 1.22. The van der Waals surface area contributed by atoms with Gasteiger partial charge in [-0.15, -0.1) is 5.10 Å². The third kappa shape index (κ3) is 3.89. The van der Waals surface area contributed by atoms with Gasteiger partial charge in [-0.2, -0.15) is 0 Å². The van der Waals surface area contributed by atoms with Crippen LogP contribution in [0.2, 0.25) is 0 Å². The number of hydrogen-bond donors (Lipinski definition) is 2. The van der Waals surface area contributed by atoms with Crippen molar-refractivity contribution in [2.24, 2.45) is 0 Å². The van der Waals surface area contributed by atoms with Crippen LogP contribution >= 0.6 is 0 Å². The molecule has 0 radical (unpaired) electrons. The molecule has 0 bridgehead atoms. The van der Waals surface area contributed by atoms with Gasteiger partial charge >= 0.3 is 6.03 Å². The minimum atomic E-state index is -1.34. The summed E-state index contributed by atoms with van der Waals surface area (Å²) in [6, 6.07) is 13.5. The van der Waals surface area contributed by atoms with Gasteiger partial charge in [0, 0.05) is 0 Å². The molecule has 4 amide bonds. The molecular formula is C22H21N7O5. The predicted molar refractivity (Wildman–Crippen MR) is 116 cm³/mol. The van der Waals surface area contributed by atoms with Gasteiger partial charge in [0.15, 0.2) is 11.5 Å². The van der Waals surface area contributed by atoms with Crippen molar-refractivity contribution < 1.29 is 23.9 Å². The van der Waals surface area contributed by atoms with Crippen LogP contribution in [0.25, 0.3) is 5.69 Å². The van der Waals surface area contributed by atoms with Crippen LogP contribution in [0.4, 0.5) is 4.79 Å². The van der Waals surface area contributed by atoms with Crippen LogP contribution in [0.1, 0.15) is 12.5 Å². The maximum atomic E-state index is 13.2. The Morgan fingerprint density at radius 3 is 2.82 bits per heavy atom. The van der Waals surface area contributed by atoms with Crippen LogP contribution in [0.5, 0.6) is 11.5 Å². The molecule has 2 aliphatic heterocycles. The molecule has 0 aliphatic carbocycles. The number of benzene rings is 2. The van der Waals surface area contributed by atoms with Crippen molar-refractivity contribution in [3.8, 4) is 17.2 Å². The van der Waals surface area contributed by atoms with Gasteiger partial charge in [0.25, 0.3) is 5.91 Å². The summed E-state index contributed by atoms with van der Waals surface area (Å²) in [6.45, 7) is 1.61. The Bertz CT molecular complexity index is 1250. The Hall–Kier alpha value is -4.48. The molecule has 34 heavy (non-hydrogen) atoms. The van der Waals surface area contributed by atoms with E-state index in [1.54, 1.807) is 43.3 Å². The maximum Gasteiger partial charge on any atom is 0.325 e. The van der Waals surface area contributed by atoms with Gasteiger partial charge in [0.05, 0.1) is 12.2 Å². The molecule has 1 aromatic heterocycles. The van der Waals surface area contributed by atoms with E-state index in [0.29, 0.717) is 22.7 Å². The Morgan fingerprint density at radius 1 is 1.21 bits per heavy atom. The molecule has 0 spiro atoms. The number of imide groups is 1. The predicted octanol–water partition coefficient (Wildman–Crippen LogP) is 0.386. The summed E-state index contributed by atoms with van der Waals surface area (Å²) in [6.07, 6.45) is 1.04. The number of nitrogens with one attached hydrogen (secondary N) is 2. The first kappa shape index (κ1) is 21.4. The number of tetrazole rings is 1. The molecule has 0 unspecified atom stereocenters. The topological polar surface area (TPSA) is 141 Å². The van der Waals surface area contributed by atoms with E-state index in [0.717, 1.165) is 4.90 Å². The molecule has 2 N–H and O–H groups in total. The van der Waals surface area contributed by atoms with Gasteiger partial charge in [-0.3, -0.25) is 14.5 Å². The fraction of sp³-hybridized carbons (Fsp3) is 0.273. The monoisotopic (exact) mass is 463 g/mol. The van der Waals surface area contributed by atoms with Crippen molar-refractivity contribution in [2.75, 3.05) is 19.7 Å².